The molecule has 0 aromatic carbocycles. The topological polar surface area (TPSA) is 17.1 Å². The van der Waals surface area contributed by atoms with Gasteiger partial charge in [0.05, 0.1) is 0 Å². The van der Waals surface area contributed by atoms with E-state index in [4.69, 9.17) is 0 Å². The van der Waals surface area contributed by atoms with Crippen molar-refractivity contribution in [3.05, 3.63) is 12.2 Å². The molecule has 11 heavy (non-hydrogen) atoms. The molecular weight excluding hydrogens is 136 g/mol. The molecule has 0 amide bonds. The molecule has 1 fully saturated rings. The molecule has 1 rings (SSSR count). The molecule has 0 radical (unpaired) electrons. The Kier molecular flexibility index (Phi) is 3.34. The highest BCUT2D eigenvalue weighted by Gasteiger charge is 2.17. The maximum atomic E-state index is 10.4. The number of rotatable bonds is 2. The van der Waals surface area contributed by atoms with Gasteiger partial charge in [-0.25, -0.2) is 0 Å². The first-order valence-corrected chi connectivity index (χ1v) is 4.45. The van der Waals surface area contributed by atoms with E-state index in [1.807, 2.05) is 0 Å². The van der Waals surface area contributed by atoms with E-state index >= 15 is 0 Å². The first-order valence-electron chi connectivity index (χ1n) is 4.45. The Morgan fingerprint density at radius 2 is 1.64 bits per heavy atom. The Balaban J connectivity index is 2.29. The molecule has 0 bridgehead atoms. The lowest BCUT2D eigenvalue weighted by Gasteiger charge is -2.22. The fraction of sp³-hybridized carbons (Fsp3) is 0.700. The van der Waals surface area contributed by atoms with E-state index < -0.39 is 0 Å². The summed E-state index contributed by atoms with van der Waals surface area (Å²) >= 11 is 0. The Morgan fingerprint density at radius 3 is 2.09 bits per heavy atom. The van der Waals surface area contributed by atoms with Crippen LogP contribution in [-0.4, -0.2) is 6.29 Å². The standard InChI is InChI=1S/C10H16O/c1-2-3-9-4-6-10(8-11)7-5-9/h2-3,8-10H,4-7H2,1H3/b3-2+. The smallest absolute Gasteiger partial charge is 0.123 e. The Hall–Kier alpha value is -0.590. The highest BCUT2D eigenvalue weighted by molar-refractivity contribution is 5.53. The van der Waals surface area contributed by atoms with E-state index in [1.54, 1.807) is 0 Å². The fourth-order valence-electron chi connectivity index (χ4n) is 1.75. The van der Waals surface area contributed by atoms with Crippen molar-refractivity contribution in [3.8, 4) is 0 Å². The zero-order valence-electron chi connectivity index (χ0n) is 7.12. The number of carbonyl (C=O) groups is 1. The second-order valence-corrected chi connectivity index (χ2v) is 3.34. The summed E-state index contributed by atoms with van der Waals surface area (Å²) in [6.45, 7) is 2.06. The second-order valence-electron chi connectivity index (χ2n) is 3.34. The van der Waals surface area contributed by atoms with Gasteiger partial charge in [0.15, 0.2) is 0 Å². The first-order chi connectivity index (χ1) is 5.36. The van der Waals surface area contributed by atoms with Gasteiger partial charge in [-0.3, -0.25) is 0 Å². The molecule has 0 aromatic heterocycles. The van der Waals surface area contributed by atoms with Crippen molar-refractivity contribution in [2.75, 3.05) is 0 Å². The largest absolute Gasteiger partial charge is 0.303 e. The van der Waals surface area contributed by atoms with Crippen LogP contribution >= 0.6 is 0 Å². The minimum Gasteiger partial charge on any atom is -0.303 e. The first kappa shape index (κ1) is 8.51. The van der Waals surface area contributed by atoms with Crippen molar-refractivity contribution in [3.63, 3.8) is 0 Å². The summed E-state index contributed by atoms with van der Waals surface area (Å²) in [7, 11) is 0. The summed E-state index contributed by atoms with van der Waals surface area (Å²) in [4.78, 5) is 10.4. The summed E-state index contributed by atoms with van der Waals surface area (Å²) in [5.74, 6) is 1.10. The third-order valence-electron chi connectivity index (χ3n) is 2.47. The van der Waals surface area contributed by atoms with Crippen LogP contribution in [0.1, 0.15) is 32.6 Å². The fourth-order valence-corrected chi connectivity index (χ4v) is 1.75. The van der Waals surface area contributed by atoms with Gasteiger partial charge in [-0.15, -0.1) is 0 Å². The van der Waals surface area contributed by atoms with Gasteiger partial charge in [-0.05, 0) is 38.5 Å². The molecule has 0 spiro atoms. The monoisotopic (exact) mass is 152 g/mol. The van der Waals surface area contributed by atoms with E-state index in [2.05, 4.69) is 19.1 Å². The van der Waals surface area contributed by atoms with Crippen LogP contribution in [0.15, 0.2) is 12.2 Å². The van der Waals surface area contributed by atoms with Crippen molar-refractivity contribution in [1.29, 1.82) is 0 Å². The molecule has 0 saturated heterocycles. The molecule has 1 aliphatic carbocycles. The minimum absolute atomic E-state index is 0.358. The molecule has 0 heterocycles. The quantitative estimate of drug-likeness (QED) is 0.439. The third-order valence-corrected chi connectivity index (χ3v) is 2.47. The third kappa shape index (κ3) is 2.49. The summed E-state index contributed by atoms with van der Waals surface area (Å²) < 4.78 is 0. The summed E-state index contributed by atoms with van der Waals surface area (Å²) in [5.41, 5.74) is 0. The van der Waals surface area contributed by atoms with Crippen LogP contribution in [0, 0.1) is 11.8 Å². The van der Waals surface area contributed by atoms with E-state index in [9.17, 15) is 4.79 Å². The summed E-state index contributed by atoms with van der Waals surface area (Å²) in [5, 5.41) is 0. The number of carbonyl (C=O) groups excluding carboxylic acids is 1. The number of hydrogen-bond acceptors (Lipinski definition) is 1. The van der Waals surface area contributed by atoms with Gasteiger partial charge in [0.1, 0.15) is 6.29 Å². The molecule has 0 aromatic rings. The van der Waals surface area contributed by atoms with E-state index in [0.717, 1.165) is 25.0 Å². The maximum Gasteiger partial charge on any atom is 0.123 e. The minimum atomic E-state index is 0.358. The predicted molar refractivity (Wildman–Crippen MR) is 46.3 cm³/mol. The predicted octanol–water partition coefficient (Wildman–Crippen LogP) is 2.57. The highest BCUT2D eigenvalue weighted by Crippen LogP contribution is 2.28. The van der Waals surface area contributed by atoms with E-state index in [-0.39, 0.29) is 0 Å². The van der Waals surface area contributed by atoms with Gasteiger partial charge in [0, 0.05) is 5.92 Å². The zero-order chi connectivity index (χ0) is 8.10. The summed E-state index contributed by atoms with van der Waals surface area (Å²) in [6.07, 6.45) is 10.1. The van der Waals surface area contributed by atoms with Crippen molar-refractivity contribution >= 4 is 6.29 Å². The maximum absolute atomic E-state index is 10.4. The van der Waals surface area contributed by atoms with Crippen LogP contribution in [0.3, 0.4) is 0 Å². The highest BCUT2D eigenvalue weighted by atomic mass is 16.1. The Morgan fingerprint density at radius 1 is 1.09 bits per heavy atom. The molecule has 0 aliphatic heterocycles. The molecule has 1 nitrogen and oxygen atoms in total. The molecule has 0 atom stereocenters. The molecule has 0 unspecified atom stereocenters. The average Bonchev–Trinajstić information content (AvgIpc) is 2.07. The molecule has 1 heteroatoms. The van der Waals surface area contributed by atoms with Crippen LogP contribution in [0.4, 0.5) is 0 Å². The van der Waals surface area contributed by atoms with Crippen molar-refractivity contribution in [2.45, 2.75) is 32.6 Å². The number of allylic oxidation sites excluding steroid dienone is 2. The van der Waals surface area contributed by atoms with Gasteiger partial charge in [-0.1, -0.05) is 12.2 Å². The van der Waals surface area contributed by atoms with Crippen LogP contribution in [0.2, 0.25) is 0 Å². The number of hydrogen-bond donors (Lipinski definition) is 0. The summed E-state index contributed by atoms with van der Waals surface area (Å²) in [6, 6.07) is 0. The van der Waals surface area contributed by atoms with Gasteiger partial charge < -0.3 is 4.79 Å². The Labute approximate surface area is 68.5 Å². The van der Waals surface area contributed by atoms with Crippen LogP contribution < -0.4 is 0 Å². The van der Waals surface area contributed by atoms with Crippen LogP contribution in [0.25, 0.3) is 0 Å². The van der Waals surface area contributed by atoms with Gasteiger partial charge in [0.25, 0.3) is 0 Å². The molecule has 0 N–H and O–H groups in total. The lowest BCUT2D eigenvalue weighted by atomic mass is 9.83. The zero-order valence-corrected chi connectivity index (χ0v) is 7.12. The molecule has 1 saturated carbocycles. The van der Waals surface area contributed by atoms with E-state index in [0.29, 0.717) is 5.92 Å². The second kappa shape index (κ2) is 4.32. The number of aldehydes is 1. The normalized spacial score (nSPS) is 32.5. The van der Waals surface area contributed by atoms with Gasteiger partial charge in [0.2, 0.25) is 0 Å². The van der Waals surface area contributed by atoms with Crippen molar-refractivity contribution in [1.82, 2.24) is 0 Å². The Bertz CT molecular complexity index is 141. The molecule has 1 aliphatic rings. The van der Waals surface area contributed by atoms with Gasteiger partial charge >= 0.3 is 0 Å². The lowest BCUT2D eigenvalue weighted by Crippen LogP contribution is -2.13. The average molecular weight is 152 g/mol. The molecule has 62 valence electrons. The molecular formula is C10H16O. The van der Waals surface area contributed by atoms with E-state index in [1.165, 1.54) is 12.8 Å². The lowest BCUT2D eigenvalue weighted by molar-refractivity contribution is -0.112. The van der Waals surface area contributed by atoms with Gasteiger partial charge in [-0.2, -0.15) is 0 Å². The van der Waals surface area contributed by atoms with Crippen molar-refractivity contribution < 1.29 is 4.79 Å². The SMILES string of the molecule is C/C=C/C1CCC(C=O)CC1. The van der Waals surface area contributed by atoms with Crippen molar-refractivity contribution in [2.24, 2.45) is 11.8 Å². The van der Waals surface area contributed by atoms with Crippen LogP contribution in [0.5, 0.6) is 0 Å². The van der Waals surface area contributed by atoms with Crippen LogP contribution in [-0.2, 0) is 4.79 Å².